The fraction of sp³-hybridized carbons (Fsp3) is 0.0556. The lowest BCUT2D eigenvalue weighted by molar-refractivity contribution is 0.413. The van der Waals surface area contributed by atoms with Crippen molar-refractivity contribution in [3.05, 3.63) is 59.7 Å². The molecule has 114 valence electrons. The van der Waals surface area contributed by atoms with Gasteiger partial charge in [0.1, 0.15) is 11.4 Å². The molecule has 0 bridgehead atoms. The Bertz CT molecular complexity index is 868. The number of methoxy groups -OCH3 is 1. The molecule has 2 N–H and O–H groups in total. The summed E-state index contributed by atoms with van der Waals surface area (Å²) in [4.78, 5) is 0. The molecule has 3 aromatic rings. The van der Waals surface area contributed by atoms with Gasteiger partial charge in [0.05, 0.1) is 7.11 Å². The number of hydrogen-bond donors (Lipinski definition) is 2. The van der Waals surface area contributed by atoms with Gasteiger partial charge in [0.2, 0.25) is 0 Å². The second kappa shape index (κ2) is 6.27. The molecule has 1 heterocycles. The molecule has 0 saturated carbocycles. The fourth-order valence-corrected chi connectivity index (χ4v) is 2.33. The van der Waals surface area contributed by atoms with Crippen molar-refractivity contribution in [1.29, 1.82) is 10.8 Å². The normalized spacial score (nSPS) is 10.3. The molecule has 0 aliphatic heterocycles. The second-order valence-electron chi connectivity index (χ2n) is 4.95. The molecule has 1 aromatic heterocycles. The quantitative estimate of drug-likeness (QED) is 0.698. The summed E-state index contributed by atoms with van der Waals surface area (Å²) in [6, 6.07) is 14.8. The molecule has 0 spiro atoms. The Kier molecular flexibility index (Phi) is 4.01. The van der Waals surface area contributed by atoms with Gasteiger partial charge in [-0.05, 0) is 29.3 Å². The van der Waals surface area contributed by atoms with Crippen LogP contribution in [0.15, 0.2) is 53.1 Å². The summed E-state index contributed by atoms with van der Waals surface area (Å²) in [6.45, 7) is 0. The van der Waals surface area contributed by atoms with Gasteiger partial charge in [-0.3, -0.25) is 0 Å². The van der Waals surface area contributed by atoms with Crippen LogP contribution in [-0.4, -0.2) is 24.7 Å². The number of nitrogens with one attached hydrogen (secondary N) is 2. The third-order valence-electron chi connectivity index (χ3n) is 3.52. The van der Waals surface area contributed by atoms with Gasteiger partial charge in [0, 0.05) is 29.6 Å². The van der Waals surface area contributed by atoms with Crippen LogP contribution in [0.25, 0.3) is 22.6 Å². The van der Waals surface area contributed by atoms with Crippen molar-refractivity contribution in [2.75, 3.05) is 7.11 Å². The van der Waals surface area contributed by atoms with Crippen molar-refractivity contribution in [1.82, 2.24) is 5.16 Å². The molecule has 2 aromatic carbocycles. The molecule has 0 aliphatic rings. The number of nitrogens with zero attached hydrogens (tertiary/aromatic N) is 1. The molecule has 0 unspecified atom stereocenters. The van der Waals surface area contributed by atoms with Crippen LogP contribution in [-0.2, 0) is 0 Å². The van der Waals surface area contributed by atoms with Crippen molar-refractivity contribution < 1.29 is 9.26 Å². The number of benzene rings is 2. The van der Waals surface area contributed by atoms with Crippen molar-refractivity contribution in [3.8, 4) is 28.3 Å². The lowest BCUT2D eigenvalue weighted by Crippen LogP contribution is -1.90. The SMILES string of the molecule is COc1cc(C=N)ccc1-c1cc(-c2cccc(C=N)c2)on1. The first-order valence-corrected chi connectivity index (χ1v) is 7.01. The standard InChI is InChI=1S/C18H15N3O2/c1-22-18-8-13(11-20)5-6-15(18)16-9-17(23-21-16)14-4-2-3-12(7-14)10-19/h2-11,19-20H,1H3. The van der Waals surface area contributed by atoms with Crippen molar-refractivity contribution >= 4 is 12.4 Å². The Labute approximate surface area is 133 Å². The third-order valence-corrected chi connectivity index (χ3v) is 3.52. The van der Waals surface area contributed by atoms with Gasteiger partial charge in [-0.15, -0.1) is 0 Å². The average Bonchev–Trinajstić information content (AvgIpc) is 3.11. The van der Waals surface area contributed by atoms with E-state index >= 15 is 0 Å². The van der Waals surface area contributed by atoms with E-state index in [9.17, 15) is 0 Å². The van der Waals surface area contributed by atoms with Gasteiger partial charge in [-0.1, -0.05) is 29.4 Å². The Morgan fingerprint density at radius 2 is 1.78 bits per heavy atom. The number of rotatable bonds is 5. The van der Waals surface area contributed by atoms with Crippen molar-refractivity contribution in [2.45, 2.75) is 0 Å². The predicted molar refractivity (Wildman–Crippen MR) is 89.7 cm³/mol. The molecule has 0 saturated heterocycles. The van der Waals surface area contributed by atoms with Crippen LogP contribution in [0.4, 0.5) is 0 Å². The predicted octanol–water partition coefficient (Wildman–Crippen LogP) is 4.01. The summed E-state index contributed by atoms with van der Waals surface area (Å²) in [6.07, 6.45) is 2.56. The zero-order valence-corrected chi connectivity index (χ0v) is 12.5. The molecule has 0 fully saturated rings. The highest BCUT2D eigenvalue weighted by atomic mass is 16.5. The molecule has 5 heteroatoms. The lowest BCUT2D eigenvalue weighted by atomic mass is 10.1. The van der Waals surface area contributed by atoms with Gasteiger partial charge in [0.15, 0.2) is 5.76 Å². The Morgan fingerprint density at radius 3 is 2.52 bits per heavy atom. The maximum absolute atomic E-state index is 7.33. The number of hydrogen-bond acceptors (Lipinski definition) is 5. The second-order valence-corrected chi connectivity index (χ2v) is 4.95. The summed E-state index contributed by atoms with van der Waals surface area (Å²) < 4.78 is 10.8. The Balaban J connectivity index is 2.01. The van der Waals surface area contributed by atoms with E-state index in [0.717, 1.165) is 22.3 Å². The molecule has 0 radical (unpaired) electrons. The van der Waals surface area contributed by atoms with E-state index in [-0.39, 0.29) is 0 Å². The molecular weight excluding hydrogens is 290 g/mol. The highest BCUT2D eigenvalue weighted by Crippen LogP contribution is 2.32. The molecule has 0 aliphatic carbocycles. The highest BCUT2D eigenvalue weighted by Gasteiger charge is 2.13. The minimum Gasteiger partial charge on any atom is -0.496 e. The first-order valence-electron chi connectivity index (χ1n) is 7.01. The van der Waals surface area contributed by atoms with Crippen LogP contribution in [0.3, 0.4) is 0 Å². The zero-order valence-electron chi connectivity index (χ0n) is 12.5. The van der Waals surface area contributed by atoms with Crippen LogP contribution >= 0.6 is 0 Å². The molecule has 0 amide bonds. The zero-order chi connectivity index (χ0) is 16.2. The summed E-state index contributed by atoms with van der Waals surface area (Å²) in [5.41, 5.74) is 3.88. The Hall–Kier alpha value is -3.21. The first kappa shape index (κ1) is 14.7. The number of ether oxygens (including phenoxy) is 1. The van der Waals surface area contributed by atoms with Gasteiger partial charge in [-0.25, -0.2) is 0 Å². The van der Waals surface area contributed by atoms with Crippen LogP contribution < -0.4 is 4.74 Å². The van der Waals surface area contributed by atoms with E-state index in [1.165, 1.54) is 12.4 Å². The minimum atomic E-state index is 0.627. The van der Waals surface area contributed by atoms with E-state index in [2.05, 4.69) is 5.16 Å². The molecule has 23 heavy (non-hydrogen) atoms. The number of aromatic nitrogens is 1. The third kappa shape index (κ3) is 2.89. The summed E-state index contributed by atoms with van der Waals surface area (Å²) in [5, 5.41) is 18.8. The maximum atomic E-state index is 7.33. The summed E-state index contributed by atoms with van der Waals surface area (Å²) in [5.74, 6) is 1.26. The van der Waals surface area contributed by atoms with Gasteiger partial charge < -0.3 is 20.1 Å². The van der Waals surface area contributed by atoms with Gasteiger partial charge in [-0.2, -0.15) is 0 Å². The van der Waals surface area contributed by atoms with Crippen LogP contribution in [0.1, 0.15) is 11.1 Å². The van der Waals surface area contributed by atoms with Gasteiger partial charge >= 0.3 is 0 Å². The van der Waals surface area contributed by atoms with Crippen LogP contribution in [0.2, 0.25) is 0 Å². The van der Waals surface area contributed by atoms with E-state index < -0.39 is 0 Å². The molecule has 0 atom stereocenters. The van der Waals surface area contributed by atoms with Gasteiger partial charge in [0.25, 0.3) is 0 Å². The highest BCUT2D eigenvalue weighted by molar-refractivity contribution is 5.82. The van der Waals surface area contributed by atoms with E-state index in [1.54, 1.807) is 13.2 Å². The monoisotopic (exact) mass is 305 g/mol. The summed E-state index contributed by atoms with van der Waals surface area (Å²) in [7, 11) is 1.58. The Morgan fingerprint density at radius 1 is 1.00 bits per heavy atom. The van der Waals surface area contributed by atoms with Crippen LogP contribution in [0, 0.1) is 10.8 Å². The van der Waals surface area contributed by atoms with E-state index in [1.807, 2.05) is 42.5 Å². The molecular formula is C18H15N3O2. The van der Waals surface area contributed by atoms with Crippen LogP contribution in [0.5, 0.6) is 5.75 Å². The largest absolute Gasteiger partial charge is 0.496 e. The lowest BCUT2D eigenvalue weighted by Gasteiger charge is -2.06. The topological polar surface area (TPSA) is 83.0 Å². The first-order chi connectivity index (χ1) is 11.2. The maximum Gasteiger partial charge on any atom is 0.167 e. The van der Waals surface area contributed by atoms with Crippen molar-refractivity contribution in [3.63, 3.8) is 0 Å². The molecule has 3 rings (SSSR count). The fourth-order valence-electron chi connectivity index (χ4n) is 2.33. The minimum absolute atomic E-state index is 0.627. The molecule has 5 nitrogen and oxygen atoms in total. The summed E-state index contributed by atoms with van der Waals surface area (Å²) >= 11 is 0. The average molecular weight is 305 g/mol. The van der Waals surface area contributed by atoms with E-state index in [0.29, 0.717) is 17.2 Å². The smallest absolute Gasteiger partial charge is 0.167 e. The van der Waals surface area contributed by atoms with E-state index in [4.69, 9.17) is 20.1 Å². The van der Waals surface area contributed by atoms with Crippen molar-refractivity contribution in [2.24, 2.45) is 0 Å².